The van der Waals surface area contributed by atoms with Gasteiger partial charge >= 0.3 is 6.18 Å². The molecule has 0 saturated carbocycles. The third kappa shape index (κ3) is 6.18. The number of para-hydroxylation sites is 1. The second-order valence-electron chi connectivity index (χ2n) is 4.83. The van der Waals surface area contributed by atoms with E-state index in [0.717, 1.165) is 11.3 Å². The zero-order valence-electron chi connectivity index (χ0n) is 12.0. The summed E-state index contributed by atoms with van der Waals surface area (Å²) in [5, 5.41) is 0. The van der Waals surface area contributed by atoms with Crippen LogP contribution >= 0.6 is 0 Å². The largest absolute Gasteiger partial charge is 0.457 e. The molecule has 2 rings (SSSR count). The maximum Gasteiger partial charge on any atom is 0.389 e. The van der Waals surface area contributed by atoms with Crippen LogP contribution in [0.1, 0.15) is 18.4 Å². The van der Waals surface area contributed by atoms with Crippen molar-refractivity contribution in [2.24, 2.45) is 0 Å². The fourth-order valence-electron chi connectivity index (χ4n) is 1.89. The van der Waals surface area contributed by atoms with E-state index in [4.69, 9.17) is 9.47 Å². The van der Waals surface area contributed by atoms with Gasteiger partial charge in [-0.05, 0) is 36.2 Å². The van der Waals surface area contributed by atoms with Crippen LogP contribution in [-0.4, -0.2) is 12.8 Å². The topological polar surface area (TPSA) is 18.5 Å². The molecule has 118 valence electrons. The first kappa shape index (κ1) is 16.4. The van der Waals surface area contributed by atoms with Gasteiger partial charge in [0.2, 0.25) is 0 Å². The minimum absolute atomic E-state index is 0.0241. The Kier molecular flexibility index (Phi) is 5.83. The molecule has 0 spiro atoms. The number of ether oxygens (including phenoxy) is 2. The zero-order valence-corrected chi connectivity index (χ0v) is 12.0. The smallest absolute Gasteiger partial charge is 0.389 e. The van der Waals surface area contributed by atoms with Crippen molar-refractivity contribution in [1.29, 1.82) is 0 Å². The fourth-order valence-corrected chi connectivity index (χ4v) is 1.89. The number of hydrogen-bond donors (Lipinski definition) is 0. The Labute approximate surface area is 127 Å². The summed E-state index contributed by atoms with van der Waals surface area (Å²) in [7, 11) is 0. The number of alkyl halides is 3. The van der Waals surface area contributed by atoms with Gasteiger partial charge in [-0.15, -0.1) is 0 Å². The van der Waals surface area contributed by atoms with E-state index in [1.165, 1.54) is 0 Å². The highest BCUT2D eigenvalue weighted by Gasteiger charge is 2.25. The van der Waals surface area contributed by atoms with E-state index in [1.807, 2.05) is 54.6 Å². The molecule has 0 bridgehead atoms. The van der Waals surface area contributed by atoms with Gasteiger partial charge < -0.3 is 9.47 Å². The molecule has 2 aromatic rings. The molecule has 2 aromatic carbocycles. The summed E-state index contributed by atoms with van der Waals surface area (Å²) in [5.74, 6) is 1.40. The van der Waals surface area contributed by atoms with Crippen LogP contribution in [0.4, 0.5) is 13.2 Å². The molecule has 0 amide bonds. The van der Waals surface area contributed by atoms with Crippen LogP contribution in [0.5, 0.6) is 11.5 Å². The van der Waals surface area contributed by atoms with Gasteiger partial charge in [0.05, 0.1) is 6.61 Å². The lowest BCUT2D eigenvalue weighted by atomic mass is 10.2. The number of benzene rings is 2. The molecule has 0 aromatic heterocycles. The van der Waals surface area contributed by atoms with Crippen LogP contribution in [0, 0.1) is 0 Å². The van der Waals surface area contributed by atoms with E-state index in [0.29, 0.717) is 5.75 Å². The van der Waals surface area contributed by atoms with Crippen molar-refractivity contribution in [3.05, 3.63) is 60.2 Å². The quantitative estimate of drug-likeness (QED) is 0.643. The zero-order chi connectivity index (χ0) is 15.8. The Hall–Kier alpha value is -2.01. The molecule has 0 N–H and O–H groups in total. The minimum atomic E-state index is -4.12. The van der Waals surface area contributed by atoms with Crippen molar-refractivity contribution in [1.82, 2.24) is 0 Å². The molecule has 0 atom stereocenters. The normalized spacial score (nSPS) is 11.4. The van der Waals surface area contributed by atoms with Gasteiger partial charge in [-0.3, -0.25) is 0 Å². The Morgan fingerprint density at radius 3 is 2.32 bits per heavy atom. The molecule has 22 heavy (non-hydrogen) atoms. The van der Waals surface area contributed by atoms with Crippen LogP contribution in [0.3, 0.4) is 0 Å². The van der Waals surface area contributed by atoms with E-state index in [1.54, 1.807) is 0 Å². The van der Waals surface area contributed by atoms with Gasteiger partial charge in [0.25, 0.3) is 0 Å². The molecule has 0 unspecified atom stereocenters. The standard InChI is InChI=1S/C17H17F3O2/c18-17(19,20)10-5-11-21-13-14-6-4-9-16(12-14)22-15-7-2-1-3-8-15/h1-4,6-9,12H,5,10-11,13H2. The molecule has 0 heterocycles. The first-order valence-corrected chi connectivity index (χ1v) is 6.99. The van der Waals surface area contributed by atoms with Crippen molar-refractivity contribution in [2.75, 3.05) is 6.61 Å². The average molecular weight is 310 g/mol. The first-order valence-electron chi connectivity index (χ1n) is 6.99. The van der Waals surface area contributed by atoms with Crippen LogP contribution in [0.15, 0.2) is 54.6 Å². The predicted octanol–water partition coefficient (Wildman–Crippen LogP) is 5.34. The second-order valence-corrected chi connectivity index (χ2v) is 4.83. The van der Waals surface area contributed by atoms with Crippen molar-refractivity contribution < 1.29 is 22.6 Å². The van der Waals surface area contributed by atoms with E-state index >= 15 is 0 Å². The molecule has 0 fully saturated rings. The molecule has 0 aliphatic heterocycles. The van der Waals surface area contributed by atoms with E-state index in [2.05, 4.69) is 0 Å². The van der Waals surface area contributed by atoms with Crippen molar-refractivity contribution >= 4 is 0 Å². The minimum Gasteiger partial charge on any atom is -0.457 e. The highest BCUT2D eigenvalue weighted by molar-refractivity contribution is 5.33. The summed E-state index contributed by atoms with van der Waals surface area (Å²) in [6.45, 7) is 0.354. The number of halogens is 3. The highest BCUT2D eigenvalue weighted by atomic mass is 19.4. The summed E-state index contributed by atoms with van der Waals surface area (Å²) < 4.78 is 46.9. The molecule has 0 aliphatic carbocycles. The van der Waals surface area contributed by atoms with Crippen LogP contribution in [-0.2, 0) is 11.3 Å². The SMILES string of the molecule is FC(F)(F)CCCOCc1cccc(Oc2ccccc2)c1. The Morgan fingerprint density at radius 2 is 1.59 bits per heavy atom. The fraction of sp³-hybridized carbons (Fsp3) is 0.294. The third-order valence-corrected chi connectivity index (χ3v) is 2.90. The Bertz CT molecular complexity index is 568. The number of rotatable bonds is 7. The van der Waals surface area contributed by atoms with Crippen molar-refractivity contribution in [2.45, 2.75) is 25.6 Å². The highest BCUT2D eigenvalue weighted by Crippen LogP contribution is 2.23. The van der Waals surface area contributed by atoms with Crippen LogP contribution < -0.4 is 4.74 Å². The van der Waals surface area contributed by atoms with Crippen LogP contribution in [0.2, 0.25) is 0 Å². The van der Waals surface area contributed by atoms with Gasteiger partial charge in [-0.25, -0.2) is 0 Å². The number of hydrogen-bond acceptors (Lipinski definition) is 2. The third-order valence-electron chi connectivity index (χ3n) is 2.90. The monoisotopic (exact) mass is 310 g/mol. The summed E-state index contributed by atoms with van der Waals surface area (Å²) in [6.07, 6.45) is -4.96. The van der Waals surface area contributed by atoms with E-state index in [-0.39, 0.29) is 19.6 Å². The predicted molar refractivity (Wildman–Crippen MR) is 77.9 cm³/mol. The second kappa shape index (κ2) is 7.84. The van der Waals surface area contributed by atoms with Gasteiger partial charge in [0, 0.05) is 13.0 Å². The van der Waals surface area contributed by atoms with Gasteiger partial charge in [-0.1, -0.05) is 30.3 Å². The molecule has 0 radical (unpaired) electrons. The lowest BCUT2D eigenvalue weighted by Crippen LogP contribution is -2.08. The molecular formula is C17H17F3O2. The van der Waals surface area contributed by atoms with Gasteiger partial charge in [0.15, 0.2) is 0 Å². The lowest BCUT2D eigenvalue weighted by molar-refractivity contribution is -0.138. The Balaban J connectivity index is 1.79. The summed E-state index contributed by atoms with van der Waals surface area (Å²) in [6, 6.07) is 16.7. The maximum absolute atomic E-state index is 12.0. The first-order chi connectivity index (χ1) is 10.5. The van der Waals surface area contributed by atoms with Crippen LogP contribution in [0.25, 0.3) is 0 Å². The summed E-state index contributed by atoms with van der Waals surface area (Å²) in [4.78, 5) is 0. The lowest BCUT2D eigenvalue weighted by Gasteiger charge is -2.09. The molecule has 0 saturated heterocycles. The molecule has 2 nitrogen and oxygen atoms in total. The average Bonchev–Trinajstić information content (AvgIpc) is 2.47. The summed E-state index contributed by atoms with van der Waals surface area (Å²) >= 11 is 0. The van der Waals surface area contributed by atoms with E-state index < -0.39 is 12.6 Å². The van der Waals surface area contributed by atoms with Crippen molar-refractivity contribution in [3.8, 4) is 11.5 Å². The maximum atomic E-state index is 12.0. The Morgan fingerprint density at radius 1 is 0.864 bits per heavy atom. The summed E-state index contributed by atoms with van der Waals surface area (Å²) in [5.41, 5.74) is 0.862. The van der Waals surface area contributed by atoms with Gasteiger partial charge in [0.1, 0.15) is 11.5 Å². The van der Waals surface area contributed by atoms with Gasteiger partial charge in [-0.2, -0.15) is 13.2 Å². The molecule has 5 heteroatoms. The molecule has 0 aliphatic rings. The van der Waals surface area contributed by atoms with Crippen molar-refractivity contribution in [3.63, 3.8) is 0 Å². The molecular weight excluding hydrogens is 293 g/mol. The van der Waals surface area contributed by atoms with E-state index in [9.17, 15) is 13.2 Å².